The Kier molecular flexibility index (Phi) is 4.49. The third-order valence-corrected chi connectivity index (χ3v) is 3.06. The van der Waals surface area contributed by atoms with Crippen LogP contribution in [0.5, 0.6) is 5.75 Å². The van der Waals surface area contributed by atoms with E-state index in [1.54, 1.807) is 0 Å². The summed E-state index contributed by atoms with van der Waals surface area (Å²) < 4.78 is 39.7. The zero-order valence-corrected chi connectivity index (χ0v) is 10.7. The van der Waals surface area contributed by atoms with Gasteiger partial charge in [0.15, 0.2) is 0 Å². The Morgan fingerprint density at radius 3 is 2.60 bits per heavy atom. The highest BCUT2D eigenvalue weighted by Crippen LogP contribution is 2.22. The van der Waals surface area contributed by atoms with Crippen LogP contribution < -0.4 is 15.4 Å². The number of halogens is 3. The lowest BCUT2D eigenvalue weighted by atomic mass is 10.1. The zero-order valence-electron chi connectivity index (χ0n) is 10.7. The van der Waals surface area contributed by atoms with Crippen LogP contribution in [0.1, 0.15) is 16.8 Å². The molecule has 0 aromatic heterocycles. The van der Waals surface area contributed by atoms with Gasteiger partial charge >= 0.3 is 6.36 Å². The predicted octanol–water partition coefficient (Wildman–Crippen LogP) is 1.92. The van der Waals surface area contributed by atoms with Crippen molar-refractivity contribution in [2.45, 2.75) is 12.8 Å². The Morgan fingerprint density at radius 1 is 1.35 bits per heavy atom. The molecule has 1 amide bonds. The maximum atomic E-state index is 12.0. The summed E-state index contributed by atoms with van der Waals surface area (Å²) in [5.74, 6) is -0.226. The van der Waals surface area contributed by atoms with Gasteiger partial charge in [-0.05, 0) is 49.7 Å². The van der Waals surface area contributed by atoms with Crippen LogP contribution in [0, 0.1) is 5.92 Å². The van der Waals surface area contributed by atoms with E-state index in [2.05, 4.69) is 15.4 Å². The molecule has 0 spiro atoms. The molecule has 0 radical (unpaired) electrons. The van der Waals surface area contributed by atoms with E-state index < -0.39 is 6.36 Å². The van der Waals surface area contributed by atoms with Crippen molar-refractivity contribution in [3.63, 3.8) is 0 Å². The van der Waals surface area contributed by atoms with Gasteiger partial charge < -0.3 is 15.4 Å². The molecule has 0 saturated carbocycles. The first-order valence-electron chi connectivity index (χ1n) is 6.29. The smallest absolute Gasteiger partial charge is 0.406 e. The summed E-state index contributed by atoms with van der Waals surface area (Å²) in [5.41, 5.74) is 0.311. The van der Waals surface area contributed by atoms with Crippen molar-refractivity contribution in [2.75, 3.05) is 19.6 Å². The fraction of sp³-hybridized carbons (Fsp3) is 0.462. The van der Waals surface area contributed by atoms with Crippen molar-refractivity contribution in [3.05, 3.63) is 29.8 Å². The van der Waals surface area contributed by atoms with Gasteiger partial charge in [-0.25, -0.2) is 0 Å². The minimum Gasteiger partial charge on any atom is -0.406 e. The number of amides is 1. The minimum absolute atomic E-state index is 0.296. The van der Waals surface area contributed by atoms with Crippen LogP contribution in [0.2, 0.25) is 0 Å². The minimum atomic E-state index is -4.72. The highest BCUT2D eigenvalue weighted by Gasteiger charge is 2.31. The second-order valence-corrected chi connectivity index (χ2v) is 4.64. The van der Waals surface area contributed by atoms with Gasteiger partial charge in [0.05, 0.1) is 0 Å². The SMILES string of the molecule is O=C(NCC1CCNC1)c1ccc(OC(F)(F)F)cc1. The first-order chi connectivity index (χ1) is 9.44. The summed E-state index contributed by atoms with van der Waals surface area (Å²) in [7, 11) is 0. The molecule has 2 N–H and O–H groups in total. The van der Waals surface area contributed by atoms with Gasteiger partial charge in [0.25, 0.3) is 5.91 Å². The molecular weight excluding hydrogens is 273 g/mol. The Balaban J connectivity index is 1.86. The molecule has 1 aromatic rings. The van der Waals surface area contributed by atoms with Gasteiger partial charge in [0, 0.05) is 12.1 Å². The summed E-state index contributed by atoms with van der Waals surface area (Å²) in [6, 6.07) is 4.87. The lowest BCUT2D eigenvalue weighted by Crippen LogP contribution is -2.30. The first-order valence-corrected chi connectivity index (χ1v) is 6.29. The molecule has 1 heterocycles. The zero-order chi connectivity index (χ0) is 14.6. The van der Waals surface area contributed by atoms with E-state index >= 15 is 0 Å². The lowest BCUT2D eigenvalue weighted by molar-refractivity contribution is -0.274. The third-order valence-electron chi connectivity index (χ3n) is 3.06. The molecule has 4 nitrogen and oxygen atoms in total. The third kappa shape index (κ3) is 4.41. The maximum absolute atomic E-state index is 12.0. The van der Waals surface area contributed by atoms with E-state index in [-0.39, 0.29) is 11.7 Å². The molecule has 1 fully saturated rings. The molecule has 1 aliphatic rings. The molecule has 1 atom stereocenters. The average molecular weight is 288 g/mol. The van der Waals surface area contributed by atoms with Crippen LogP contribution in [0.25, 0.3) is 0 Å². The second kappa shape index (κ2) is 6.13. The Labute approximate surface area is 114 Å². The van der Waals surface area contributed by atoms with E-state index in [9.17, 15) is 18.0 Å². The normalized spacial score (nSPS) is 18.9. The summed E-state index contributed by atoms with van der Waals surface area (Å²) in [4.78, 5) is 11.8. The first kappa shape index (κ1) is 14.6. The molecule has 1 aliphatic heterocycles. The van der Waals surface area contributed by atoms with Crippen LogP contribution in [0.3, 0.4) is 0 Å². The van der Waals surface area contributed by atoms with E-state index in [4.69, 9.17) is 0 Å². The second-order valence-electron chi connectivity index (χ2n) is 4.64. The summed E-state index contributed by atoms with van der Waals surface area (Å²) in [5, 5.41) is 5.96. The van der Waals surface area contributed by atoms with E-state index in [1.165, 1.54) is 12.1 Å². The average Bonchev–Trinajstić information content (AvgIpc) is 2.88. The molecule has 7 heteroatoms. The molecule has 1 aromatic carbocycles. The van der Waals surface area contributed by atoms with E-state index in [0.717, 1.165) is 31.6 Å². The molecular formula is C13H15F3N2O2. The van der Waals surface area contributed by atoms with Crippen LogP contribution in [-0.4, -0.2) is 31.9 Å². The van der Waals surface area contributed by atoms with Crippen LogP contribution in [0.15, 0.2) is 24.3 Å². The van der Waals surface area contributed by atoms with Gasteiger partial charge in [0.2, 0.25) is 0 Å². The number of carbonyl (C=O) groups is 1. The van der Waals surface area contributed by atoms with Crippen molar-refractivity contribution < 1.29 is 22.7 Å². The summed E-state index contributed by atoms with van der Waals surface area (Å²) in [6.07, 6.45) is -3.71. The number of benzene rings is 1. The predicted molar refractivity (Wildman–Crippen MR) is 66.4 cm³/mol. The van der Waals surface area contributed by atoms with Gasteiger partial charge in [-0.2, -0.15) is 0 Å². The molecule has 1 unspecified atom stereocenters. The largest absolute Gasteiger partial charge is 0.573 e. The van der Waals surface area contributed by atoms with Crippen LogP contribution in [-0.2, 0) is 0 Å². The van der Waals surface area contributed by atoms with E-state index in [0.29, 0.717) is 18.0 Å². The van der Waals surface area contributed by atoms with Crippen molar-refractivity contribution in [1.82, 2.24) is 10.6 Å². The standard InChI is InChI=1S/C13H15F3N2O2/c14-13(15,16)20-11-3-1-10(2-4-11)12(19)18-8-9-5-6-17-7-9/h1-4,9,17H,5-8H2,(H,18,19). The molecule has 0 bridgehead atoms. The molecule has 1 saturated heterocycles. The monoisotopic (exact) mass is 288 g/mol. The van der Waals surface area contributed by atoms with Crippen molar-refractivity contribution in [2.24, 2.45) is 5.92 Å². The number of alkyl halides is 3. The van der Waals surface area contributed by atoms with Gasteiger partial charge in [-0.1, -0.05) is 0 Å². The number of hydrogen-bond acceptors (Lipinski definition) is 3. The quantitative estimate of drug-likeness (QED) is 0.890. The van der Waals surface area contributed by atoms with E-state index in [1.807, 2.05) is 0 Å². The molecule has 0 aliphatic carbocycles. The number of ether oxygens (including phenoxy) is 1. The fourth-order valence-electron chi connectivity index (χ4n) is 2.04. The van der Waals surface area contributed by atoms with Gasteiger partial charge in [-0.15, -0.1) is 13.2 Å². The lowest BCUT2D eigenvalue weighted by Gasteiger charge is -2.11. The molecule has 2 rings (SSSR count). The Morgan fingerprint density at radius 2 is 2.05 bits per heavy atom. The summed E-state index contributed by atoms with van der Waals surface area (Å²) >= 11 is 0. The number of rotatable bonds is 4. The van der Waals surface area contributed by atoms with Crippen LogP contribution in [0.4, 0.5) is 13.2 Å². The van der Waals surface area contributed by atoms with Crippen molar-refractivity contribution >= 4 is 5.91 Å². The number of nitrogens with one attached hydrogen (secondary N) is 2. The number of carbonyl (C=O) groups excluding carboxylic acids is 1. The molecule has 110 valence electrons. The Bertz CT molecular complexity index is 454. The highest BCUT2D eigenvalue weighted by atomic mass is 19.4. The van der Waals surface area contributed by atoms with Gasteiger partial charge in [-0.3, -0.25) is 4.79 Å². The highest BCUT2D eigenvalue weighted by molar-refractivity contribution is 5.94. The van der Waals surface area contributed by atoms with Crippen LogP contribution >= 0.6 is 0 Å². The maximum Gasteiger partial charge on any atom is 0.573 e. The fourth-order valence-corrected chi connectivity index (χ4v) is 2.04. The molecule has 20 heavy (non-hydrogen) atoms. The Hall–Kier alpha value is -1.76. The van der Waals surface area contributed by atoms with Crippen molar-refractivity contribution in [3.8, 4) is 5.75 Å². The van der Waals surface area contributed by atoms with Crippen molar-refractivity contribution in [1.29, 1.82) is 0 Å². The number of hydrogen-bond donors (Lipinski definition) is 2. The summed E-state index contributed by atoms with van der Waals surface area (Å²) in [6.45, 7) is 2.38. The topological polar surface area (TPSA) is 50.4 Å². The van der Waals surface area contributed by atoms with Gasteiger partial charge in [0.1, 0.15) is 5.75 Å².